The second-order valence-corrected chi connectivity index (χ2v) is 5.68. The summed E-state index contributed by atoms with van der Waals surface area (Å²) in [5, 5.41) is 0. The van der Waals surface area contributed by atoms with E-state index >= 15 is 0 Å². The number of carbonyl (C=O) groups is 1. The van der Waals surface area contributed by atoms with Crippen molar-refractivity contribution in [1.82, 2.24) is 4.90 Å². The molecule has 0 bridgehead atoms. The van der Waals surface area contributed by atoms with Gasteiger partial charge < -0.3 is 14.4 Å². The summed E-state index contributed by atoms with van der Waals surface area (Å²) in [6, 6.07) is 17.1. The fraction of sp³-hybridized carbons (Fsp3) is 0.286. The van der Waals surface area contributed by atoms with Crippen LogP contribution in [-0.2, 0) is 4.79 Å². The Kier molecular flexibility index (Phi) is 7.08. The summed E-state index contributed by atoms with van der Waals surface area (Å²) in [6.07, 6.45) is 1.64. The number of likely N-dealkylation sites (N-methyl/N-ethyl adjacent to an activating group) is 1. The van der Waals surface area contributed by atoms with E-state index in [0.717, 1.165) is 22.8 Å². The molecule has 0 aliphatic rings. The van der Waals surface area contributed by atoms with E-state index < -0.39 is 0 Å². The third-order valence-electron chi connectivity index (χ3n) is 3.71. The lowest BCUT2D eigenvalue weighted by Crippen LogP contribution is -2.29. The predicted molar refractivity (Wildman–Crippen MR) is 100 cm³/mol. The quantitative estimate of drug-likeness (QED) is 0.656. The summed E-state index contributed by atoms with van der Waals surface area (Å²) in [5.74, 6) is 2.31. The monoisotopic (exact) mass is 339 g/mol. The zero-order valence-corrected chi connectivity index (χ0v) is 15.1. The zero-order valence-electron chi connectivity index (χ0n) is 15.1. The van der Waals surface area contributed by atoms with Crippen molar-refractivity contribution in [3.63, 3.8) is 0 Å². The molecule has 0 heterocycles. The maximum atomic E-state index is 12.0. The Balaban J connectivity index is 1.87. The van der Waals surface area contributed by atoms with E-state index in [0.29, 0.717) is 19.7 Å². The highest BCUT2D eigenvalue weighted by Crippen LogP contribution is 2.23. The molecule has 1 amide bonds. The van der Waals surface area contributed by atoms with E-state index in [1.165, 1.54) is 0 Å². The van der Waals surface area contributed by atoms with Crippen LogP contribution in [0.1, 0.15) is 20.8 Å². The minimum atomic E-state index is 0.0257. The van der Waals surface area contributed by atoms with Crippen LogP contribution in [0.15, 0.2) is 66.2 Å². The molecule has 0 atom stereocenters. The number of hydrogen-bond acceptors (Lipinski definition) is 3. The van der Waals surface area contributed by atoms with Gasteiger partial charge in [0.15, 0.2) is 0 Å². The van der Waals surface area contributed by atoms with Crippen molar-refractivity contribution < 1.29 is 14.3 Å². The van der Waals surface area contributed by atoms with Crippen molar-refractivity contribution in [3.05, 3.63) is 66.2 Å². The summed E-state index contributed by atoms with van der Waals surface area (Å²) in [7, 11) is 0. The Bertz CT molecular complexity index is 689. The summed E-state index contributed by atoms with van der Waals surface area (Å²) in [6.45, 7) is 7.65. The normalized spacial score (nSPS) is 11.1. The number of para-hydroxylation sites is 1. The van der Waals surface area contributed by atoms with Gasteiger partial charge in [-0.2, -0.15) is 0 Å². The lowest BCUT2D eigenvalue weighted by molar-refractivity contribution is -0.125. The van der Waals surface area contributed by atoms with Gasteiger partial charge in [0.25, 0.3) is 0 Å². The number of carbonyl (C=O) groups excluding carboxylic acids is 1. The van der Waals surface area contributed by atoms with Crippen LogP contribution in [0, 0.1) is 0 Å². The first-order valence-corrected chi connectivity index (χ1v) is 8.54. The standard InChI is InChI=1S/C21H25NO3/c1-4-22(5-2)21(23)15-17(3)16-24-18-11-13-20(14-12-18)25-19-9-7-6-8-10-19/h6-15H,4-5,16H2,1-3H3. The van der Waals surface area contributed by atoms with Crippen LogP contribution >= 0.6 is 0 Å². The van der Waals surface area contributed by atoms with Crippen LogP contribution in [0.4, 0.5) is 0 Å². The van der Waals surface area contributed by atoms with Gasteiger partial charge in [0.2, 0.25) is 5.91 Å². The summed E-state index contributed by atoms with van der Waals surface area (Å²) in [5.41, 5.74) is 0.890. The molecule has 0 fully saturated rings. The molecule has 0 saturated heterocycles. The third-order valence-corrected chi connectivity index (χ3v) is 3.71. The van der Waals surface area contributed by atoms with Crippen molar-refractivity contribution in [2.24, 2.45) is 0 Å². The first-order chi connectivity index (χ1) is 12.1. The van der Waals surface area contributed by atoms with Gasteiger partial charge in [-0.15, -0.1) is 0 Å². The van der Waals surface area contributed by atoms with Gasteiger partial charge in [-0.25, -0.2) is 0 Å². The molecular weight excluding hydrogens is 314 g/mol. The number of hydrogen-bond donors (Lipinski definition) is 0. The van der Waals surface area contributed by atoms with Crippen LogP contribution in [0.25, 0.3) is 0 Å². The Morgan fingerprint density at radius 3 is 2.08 bits per heavy atom. The molecule has 0 aromatic heterocycles. The highest BCUT2D eigenvalue weighted by atomic mass is 16.5. The molecule has 0 aliphatic carbocycles. The number of ether oxygens (including phenoxy) is 2. The van der Waals surface area contributed by atoms with Gasteiger partial charge in [0.1, 0.15) is 23.9 Å². The van der Waals surface area contributed by atoms with E-state index in [1.54, 1.807) is 11.0 Å². The van der Waals surface area contributed by atoms with E-state index in [4.69, 9.17) is 9.47 Å². The molecule has 2 aromatic rings. The maximum Gasteiger partial charge on any atom is 0.246 e. The zero-order chi connectivity index (χ0) is 18.1. The van der Waals surface area contributed by atoms with E-state index in [9.17, 15) is 4.79 Å². The predicted octanol–water partition coefficient (Wildman–Crippen LogP) is 4.67. The molecule has 132 valence electrons. The topological polar surface area (TPSA) is 38.8 Å². The Morgan fingerprint density at radius 2 is 1.48 bits per heavy atom. The first kappa shape index (κ1) is 18.6. The van der Waals surface area contributed by atoms with Gasteiger partial charge in [-0.05, 0) is 62.7 Å². The number of nitrogens with zero attached hydrogens (tertiary/aromatic N) is 1. The molecule has 4 nitrogen and oxygen atoms in total. The molecule has 4 heteroatoms. The van der Waals surface area contributed by atoms with Crippen molar-refractivity contribution >= 4 is 5.91 Å². The molecule has 0 N–H and O–H groups in total. The molecule has 0 spiro atoms. The average Bonchev–Trinajstić information content (AvgIpc) is 2.63. The van der Waals surface area contributed by atoms with Crippen LogP contribution in [0.5, 0.6) is 17.2 Å². The second kappa shape index (κ2) is 9.52. The summed E-state index contributed by atoms with van der Waals surface area (Å²) >= 11 is 0. The van der Waals surface area contributed by atoms with Crippen LogP contribution < -0.4 is 9.47 Å². The van der Waals surface area contributed by atoms with Gasteiger partial charge >= 0.3 is 0 Å². The van der Waals surface area contributed by atoms with E-state index in [2.05, 4.69) is 0 Å². The first-order valence-electron chi connectivity index (χ1n) is 8.54. The smallest absolute Gasteiger partial charge is 0.246 e. The molecule has 25 heavy (non-hydrogen) atoms. The highest BCUT2D eigenvalue weighted by molar-refractivity contribution is 5.88. The highest BCUT2D eigenvalue weighted by Gasteiger charge is 2.06. The van der Waals surface area contributed by atoms with E-state index in [-0.39, 0.29) is 5.91 Å². The number of benzene rings is 2. The lowest BCUT2D eigenvalue weighted by Gasteiger charge is -2.16. The Labute approximate surface area is 149 Å². The minimum Gasteiger partial charge on any atom is -0.489 e. The largest absolute Gasteiger partial charge is 0.489 e. The molecule has 0 saturated carbocycles. The summed E-state index contributed by atoms with van der Waals surface area (Å²) < 4.78 is 11.5. The molecule has 0 unspecified atom stereocenters. The van der Waals surface area contributed by atoms with Crippen LogP contribution in [0.3, 0.4) is 0 Å². The van der Waals surface area contributed by atoms with Crippen LogP contribution in [-0.4, -0.2) is 30.5 Å². The van der Waals surface area contributed by atoms with E-state index in [1.807, 2.05) is 75.4 Å². The summed E-state index contributed by atoms with van der Waals surface area (Å²) in [4.78, 5) is 13.8. The number of amides is 1. The number of rotatable bonds is 8. The molecule has 2 aromatic carbocycles. The fourth-order valence-electron chi connectivity index (χ4n) is 2.30. The lowest BCUT2D eigenvalue weighted by atomic mass is 10.2. The molecule has 0 aliphatic heterocycles. The van der Waals surface area contributed by atoms with Crippen LogP contribution in [0.2, 0.25) is 0 Å². The minimum absolute atomic E-state index is 0.0257. The van der Waals surface area contributed by atoms with Gasteiger partial charge in [0, 0.05) is 19.2 Å². The SMILES string of the molecule is CCN(CC)C(=O)C=C(C)COc1ccc(Oc2ccccc2)cc1. The Morgan fingerprint density at radius 1 is 0.920 bits per heavy atom. The third kappa shape index (κ3) is 5.99. The van der Waals surface area contributed by atoms with Crippen molar-refractivity contribution in [2.45, 2.75) is 20.8 Å². The van der Waals surface area contributed by atoms with Gasteiger partial charge in [-0.1, -0.05) is 18.2 Å². The molecule has 0 radical (unpaired) electrons. The second-order valence-electron chi connectivity index (χ2n) is 5.68. The van der Waals surface area contributed by atoms with Gasteiger partial charge in [-0.3, -0.25) is 4.79 Å². The van der Waals surface area contributed by atoms with Crippen molar-refractivity contribution in [2.75, 3.05) is 19.7 Å². The molecular formula is C21H25NO3. The maximum absolute atomic E-state index is 12.0. The Hall–Kier alpha value is -2.75. The van der Waals surface area contributed by atoms with Gasteiger partial charge in [0.05, 0.1) is 0 Å². The van der Waals surface area contributed by atoms with Crippen molar-refractivity contribution in [1.29, 1.82) is 0 Å². The average molecular weight is 339 g/mol. The molecule has 2 rings (SSSR count). The fourth-order valence-corrected chi connectivity index (χ4v) is 2.30. The van der Waals surface area contributed by atoms with Crippen molar-refractivity contribution in [3.8, 4) is 17.2 Å².